The van der Waals surface area contributed by atoms with Gasteiger partial charge in [0.05, 0.1) is 26.3 Å². The van der Waals surface area contributed by atoms with Gasteiger partial charge in [-0.05, 0) is 42.5 Å². The molecule has 0 spiro atoms. The molecule has 0 aliphatic rings. The number of ether oxygens (including phenoxy) is 3. The Morgan fingerprint density at radius 2 is 1.68 bits per heavy atom. The maximum absolute atomic E-state index is 14.7. The van der Waals surface area contributed by atoms with Gasteiger partial charge in [0.15, 0.2) is 5.75 Å². The summed E-state index contributed by atoms with van der Waals surface area (Å²) in [6, 6.07) is 17.7. The first kappa shape index (κ1) is 22.1. The molecule has 1 amide bonds. The van der Waals surface area contributed by atoms with Crippen molar-refractivity contribution in [3.63, 3.8) is 0 Å². The van der Waals surface area contributed by atoms with Gasteiger partial charge < -0.3 is 19.5 Å². The topological polar surface area (TPSA) is 56.8 Å². The second-order valence-corrected chi connectivity index (χ2v) is 6.79. The third-order valence-electron chi connectivity index (χ3n) is 4.52. The monoisotopic (exact) mass is 427 g/mol. The van der Waals surface area contributed by atoms with Crippen LogP contribution in [0, 0.1) is 5.82 Å². The van der Waals surface area contributed by atoms with E-state index in [-0.39, 0.29) is 17.9 Å². The number of hydrogen-bond donors (Lipinski definition) is 1. The lowest BCUT2D eigenvalue weighted by molar-refractivity contribution is -0.117. The molecule has 3 rings (SSSR count). The minimum Gasteiger partial charge on any atom is -0.497 e. The Balaban J connectivity index is 1.67. The predicted octanol–water partition coefficient (Wildman–Crippen LogP) is 5.54. The van der Waals surface area contributed by atoms with E-state index in [9.17, 15) is 13.6 Å². The second-order valence-electron chi connectivity index (χ2n) is 6.79. The fourth-order valence-corrected chi connectivity index (χ4v) is 3.06. The van der Waals surface area contributed by atoms with Crippen molar-refractivity contribution in [3.8, 4) is 23.0 Å². The zero-order valence-corrected chi connectivity index (χ0v) is 17.2. The Morgan fingerprint density at radius 1 is 0.935 bits per heavy atom. The third-order valence-corrected chi connectivity index (χ3v) is 4.52. The number of methoxy groups -OCH3 is 2. The van der Waals surface area contributed by atoms with Crippen LogP contribution in [0.2, 0.25) is 0 Å². The van der Waals surface area contributed by atoms with Gasteiger partial charge in [-0.2, -0.15) is 0 Å². The first-order valence-corrected chi connectivity index (χ1v) is 9.65. The van der Waals surface area contributed by atoms with Crippen LogP contribution < -0.4 is 19.5 Å². The Bertz CT molecular complexity index is 1030. The van der Waals surface area contributed by atoms with Gasteiger partial charge >= 0.3 is 0 Å². The van der Waals surface area contributed by atoms with Crippen molar-refractivity contribution < 1.29 is 27.8 Å². The highest BCUT2D eigenvalue weighted by Gasteiger charge is 2.18. The predicted molar refractivity (Wildman–Crippen MR) is 114 cm³/mol. The molecule has 3 aromatic rings. The van der Waals surface area contributed by atoms with Crippen LogP contribution >= 0.6 is 0 Å². The van der Waals surface area contributed by atoms with E-state index in [0.717, 1.165) is 6.07 Å². The Labute approximate surface area is 179 Å². The number of benzene rings is 3. The number of amides is 1. The largest absolute Gasteiger partial charge is 0.497 e. The second kappa shape index (κ2) is 10.4. The molecule has 162 valence electrons. The van der Waals surface area contributed by atoms with Crippen LogP contribution in [0.15, 0.2) is 66.7 Å². The normalized spacial score (nSPS) is 11.5. The average molecular weight is 427 g/mol. The minimum atomic E-state index is -1.48. The van der Waals surface area contributed by atoms with Gasteiger partial charge in [-0.1, -0.05) is 18.2 Å². The molecule has 5 nitrogen and oxygen atoms in total. The van der Waals surface area contributed by atoms with Gasteiger partial charge in [0, 0.05) is 18.1 Å². The maximum Gasteiger partial charge on any atom is 0.227 e. The lowest BCUT2D eigenvalue weighted by Crippen LogP contribution is -2.19. The van der Waals surface area contributed by atoms with E-state index in [0.29, 0.717) is 22.8 Å². The molecular weight excluding hydrogens is 404 g/mol. The summed E-state index contributed by atoms with van der Waals surface area (Å²) in [6.07, 6.45) is -1.93. The number of rotatable bonds is 9. The summed E-state index contributed by atoms with van der Waals surface area (Å²) in [5, 5.41) is 2.54. The van der Waals surface area contributed by atoms with Crippen molar-refractivity contribution >= 4 is 11.6 Å². The molecule has 1 N–H and O–H groups in total. The molecule has 0 aliphatic carbocycles. The van der Waals surface area contributed by atoms with Crippen molar-refractivity contribution in [1.29, 1.82) is 0 Å². The fraction of sp³-hybridized carbons (Fsp3) is 0.208. The average Bonchev–Trinajstić information content (AvgIpc) is 2.76. The molecule has 0 saturated carbocycles. The quantitative estimate of drug-likeness (QED) is 0.487. The summed E-state index contributed by atoms with van der Waals surface area (Å²) < 4.78 is 44.5. The van der Waals surface area contributed by atoms with E-state index in [4.69, 9.17) is 14.2 Å². The first-order chi connectivity index (χ1) is 15.0. The summed E-state index contributed by atoms with van der Waals surface area (Å²) >= 11 is 0. The van der Waals surface area contributed by atoms with Gasteiger partial charge in [0.2, 0.25) is 5.91 Å². The highest BCUT2D eigenvalue weighted by atomic mass is 19.1. The van der Waals surface area contributed by atoms with Crippen LogP contribution in [-0.4, -0.2) is 26.3 Å². The summed E-state index contributed by atoms with van der Waals surface area (Å²) in [6.45, 7) is 0. The van der Waals surface area contributed by atoms with Crippen molar-refractivity contribution in [2.75, 3.05) is 19.5 Å². The van der Waals surface area contributed by atoms with E-state index in [1.54, 1.807) is 42.5 Å². The number of para-hydroxylation sites is 1. The van der Waals surface area contributed by atoms with Gasteiger partial charge in [-0.25, -0.2) is 8.78 Å². The molecule has 1 atom stereocenters. The summed E-state index contributed by atoms with van der Waals surface area (Å²) in [4.78, 5) is 12.4. The highest BCUT2D eigenvalue weighted by molar-refractivity contribution is 5.92. The first-order valence-electron chi connectivity index (χ1n) is 9.65. The number of hydrogen-bond acceptors (Lipinski definition) is 4. The zero-order chi connectivity index (χ0) is 22.2. The van der Waals surface area contributed by atoms with E-state index in [1.165, 1.54) is 26.4 Å². The Kier molecular flexibility index (Phi) is 7.43. The van der Waals surface area contributed by atoms with Crippen LogP contribution in [0.25, 0.3) is 0 Å². The van der Waals surface area contributed by atoms with Crippen LogP contribution in [0.1, 0.15) is 12.0 Å². The SMILES string of the molecule is COc1ccc(OC)c(CC(F)CC(=O)Nc2cc(F)ccc2Oc2ccccc2)c1. The fourth-order valence-electron chi connectivity index (χ4n) is 3.06. The number of nitrogens with one attached hydrogen (secondary N) is 1. The molecule has 0 fully saturated rings. The number of halogens is 2. The van der Waals surface area contributed by atoms with Crippen molar-refractivity contribution in [3.05, 3.63) is 78.1 Å². The van der Waals surface area contributed by atoms with Crippen LogP contribution in [0.4, 0.5) is 14.5 Å². The molecule has 0 heterocycles. The third kappa shape index (κ3) is 6.18. The van der Waals surface area contributed by atoms with E-state index >= 15 is 0 Å². The summed E-state index contributed by atoms with van der Waals surface area (Å²) in [5.74, 6) is 0.706. The summed E-state index contributed by atoms with van der Waals surface area (Å²) in [5.41, 5.74) is 0.709. The standard InChI is InChI=1S/C24H23F2NO4/c1-29-20-9-11-22(30-2)16(13-20)12-18(26)15-24(28)27-21-14-17(25)8-10-23(21)31-19-6-4-3-5-7-19/h3-11,13-14,18H,12,15H2,1-2H3,(H,27,28). The smallest absolute Gasteiger partial charge is 0.227 e. The number of carbonyl (C=O) groups excluding carboxylic acids is 1. The van der Waals surface area contributed by atoms with E-state index in [1.807, 2.05) is 6.07 Å². The molecule has 0 radical (unpaired) electrons. The molecular formula is C24H23F2NO4. The molecule has 0 aliphatic heterocycles. The van der Waals surface area contributed by atoms with Gasteiger partial charge in [0.25, 0.3) is 0 Å². The van der Waals surface area contributed by atoms with Crippen molar-refractivity contribution in [1.82, 2.24) is 0 Å². The molecule has 31 heavy (non-hydrogen) atoms. The zero-order valence-electron chi connectivity index (χ0n) is 17.2. The van der Waals surface area contributed by atoms with E-state index < -0.39 is 24.3 Å². The Hall–Kier alpha value is -3.61. The van der Waals surface area contributed by atoms with Crippen molar-refractivity contribution in [2.24, 2.45) is 0 Å². The minimum absolute atomic E-state index is 0.0374. The molecule has 0 bridgehead atoms. The maximum atomic E-state index is 14.7. The molecule has 0 saturated heterocycles. The lowest BCUT2D eigenvalue weighted by atomic mass is 10.0. The van der Waals surface area contributed by atoms with Gasteiger partial charge in [-0.3, -0.25) is 4.79 Å². The van der Waals surface area contributed by atoms with Crippen LogP contribution in [-0.2, 0) is 11.2 Å². The van der Waals surface area contributed by atoms with Crippen LogP contribution in [0.5, 0.6) is 23.0 Å². The summed E-state index contributed by atoms with van der Waals surface area (Å²) in [7, 11) is 3.00. The van der Waals surface area contributed by atoms with Crippen LogP contribution in [0.3, 0.4) is 0 Å². The Morgan fingerprint density at radius 3 is 2.39 bits per heavy atom. The van der Waals surface area contributed by atoms with Gasteiger partial charge in [0.1, 0.15) is 29.2 Å². The molecule has 7 heteroatoms. The number of alkyl halides is 1. The van der Waals surface area contributed by atoms with E-state index in [2.05, 4.69) is 5.32 Å². The molecule has 3 aromatic carbocycles. The molecule has 0 aromatic heterocycles. The molecule has 1 unspecified atom stereocenters. The number of carbonyl (C=O) groups is 1. The number of anilines is 1. The highest BCUT2D eigenvalue weighted by Crippen LogP contribution is 2.31. The lowest BCUT2D eigenvalue weighted by Gasteiger charge is -2.15. The van der Waals surface area contributed by atoms with Crippen molar-refractivity contribution in [2.45, 2.75) is 19.0 Å². The van der Waals surface area contributed by atoms with Gasteiger partial charge in [-0.15, -0.1) is 0 Å².